The van der Waals surface area contributed by atoms with E-state index in [0.717, 1.165) is 35.5 Å². The largest absolute Gasteiger partial charge is 0.369 e. The van der Waals surface area contributed by atoms with Crippen LogP contribution in [0.2, 0.25) is 0 Å². The Morgan fingerprint density at radius 1 is 1.33 bits per heavy atom. The fourth-order valence-corrected chi connectivity index (χ4v) is 2.42. The molecule has 0 fully saturated rings. The SMILES string of the molecule is CCCNc1ncnc(N(C)C(C)CCC)c1Br. The van der Waals surface area contributed by atoms with Gasteiger partial charge in [-0.3, -0.25) is 0 Å². The van der Waals surface area contributed by atoms with E-state index in [-0.39, 0.29) is 0 Å². The molecule has 1 aromatic rings. The van der Waals surface area contributed by atoms with Gasteiger partial charge in [0.1, 0.15) is 22.4 Å². The second-order valence-corrected chi connectivity index (χ2v) is 5.33. The average Bonchev–Trinajstić information content (AvgIpc) is 2.37. The van der Waals surface area contributed by atoms with E-state index in [4.69, 9.17) is 0 Å². The van der Waals surface area contributed by atoms with Gasteiger partial charge in [0.05, 0.1) is 0 Å². The van der Waals surface area contributed by atoms with E-state index in [1.165, 1.54) is 6.42 Å². The van der Waals surface area contributed by atoms with E-state index in [2.05, 4.69) is 63.9 Å². The molecule has 0 spiro atoms. The van der Waals surface area contributed by atoms with Gasteiger partial charge in [-0.2, -0.15) is 0 Å². The highest BCUT2D eigenvalue weighted by Crippen LogP contribution is 2.30. The number of halogens is 1. The van der Waals surface area contributed by atoms with Crippen molar-refractivity contribution in [3.8, 4) is 0 Å². The molecular formula is C13H23BrN4. The van der Waals surface area contributed by atoms with E-state index in [1.54, 1.807) is 6.33 Å². The van der Waals surface area contributed by atoms with Gasteiger partial charge in [0.2, 0.25) is 0 Å². The lowest BCUT2D eigenvalue weighted by Crippen LogP contribution is -2.30. The van der Waals surface area contributed by atoms with Gasteiger partial charge in [0, 0.05) is 19.6 Å². The van der Waals surface area contributed by atoms with Crippen molar-refractivity contribution in [1.29, 1.82) is 0 Å². The van der Waals surface area contributed by atoms with Gasteiger partial charge in [0.25, 0.3) is 0 Å². The van der Waals surface area contributed by atoms with Crippen molar-refractivity contribution in [1.82, 2.24) is 9.97 Å². The van der Waals surface area contributed by atoms with E-state index in [9.17, 15) is 0 Å². The molecule has 1 unspecified atom stereocenters. The molecule has 0 aromatic carbocycles. The van der Waals surface area contributed by atoms with Crippen LogP contribution in [0.3, 0.4) is 0 Å². The lowest BCUT2D eigenvalue weighted by Gasteiger charge is -2.27. The Kier molecular flexibility index (Phi) is 6.39. The number of nitrogens with zero attached hydrogens (tertiary/aromatic N) is 3. The Hall–Kier alpha value is -0.840. The molecule has 0 saturated heterocycles. The average molecular weight is 315 g/mol. The topological polar surface area (TPSA) is 41.1 Å². The maximum atomic E-state index is 4.38. The number of nitrogens with one attached hydrogen (secondary N) is 1. The Balaban J connectivity index is 2.88. The van der Waals surface area contributed by atoms with E-state index < -0.39 is 0 Å². The third kappa shape index (κ3) is 3.83. The molecule has 0 aliphatic carbocycles. The van der Waals surface area contributed by atoms with Gasteiger partial charge < -0.3 is 10.2 Å². The molecule has 1 rings (SSSR count). The molecule has 102 valence electrons. The first-order chi connectivity index (χ1) is 8.61. The first kappa shape index (κ1) is 15.2. The number of hydrogen-bond donors (Lipinski definition) is 1. The van der Waals surface area contributed by atoms with Crippen molar-refractivity contribution in [2.75, 3.05) is 23.8 Å². The van der Waals surface area contributed by atoms with Crippen LogP contribution in [0.25, 0.3) is 0 Å². The monoisotopic (exact) mass is 314 g/mol. The van der Waals surface area contributed by atoms with Crippen molar-refractivity contribution < 1.29 is 0 Å². The van der Waals surface area contributed by atoms with Crippen LogP contribution in [0.5, 0.6) is 0 Å². The molecule has 1 N–H and O–H groups in total. The smallest absolute Gasteiger partial charge is 0.148 e. The van der Waals surface area contributed by atoms with Crippen molar-refractivity contribution >= 4 is 27.6 Å². The second kappa shape index (κ2) is 7.56. The van der Waals surface area contributed by atoms with E-state index in [1.807, 2.05) is 0 Å². The second-order valence-electron chi connectivity index (χ2n) is 4.54. The van der Waals surface area contributed by atoms with Crippen LogP contribution in [-0.2, 0) is 0 Å². The van der Waals surface area contributed by atoms with Crippen molar-refractivity contribution in [3.05, 3.63) is 10.8 Å². The molecule has 0 amide bonds. The van der Waals surface area contributed by atoms with Crippen molar-refractivity contribution in [3.63, 3.8) is 0 Å². The summed E-state index contributed by atoms with van der Waals surface area (Å²) < 4.78 is 0.948. The summed E-state index contributed by atoms with van der Waals surface area (Å²) in [4.78, 5) is 10.8. The molecule has 0 saturated carbocycles. The molecular weight excluding hydrogens is 292 g/mol. The highest BCUT2D eigenvalue weighted by Gasteiger charge is 2.16. The van der Waals surface area contributed by atoms with Gasteiger partial charge in [-0.05, 0) is 35.7 Å². The molecule has 1 aromatic heterocycles. The number of aromatic nitrogens is 2. The minimum absolute atomic E-state index is 0.472. The summed E-state index contributed by atoms with van der Waals surface area (Å²) in [6.45, 7) is 7.48. The first-order valence-corrected chi connectivity index (χ1v) is 7.38. The van der Waals surface area contributed by atoms with Crippen LogP contribution in [0.15, 0.2) is 10.8 Å². The highest BCUT2D eigenvalue weighted by molar-refractivity contribution is 9.10. The van der Waals surface area contributed by atoms with Gasteiger partial charge in [-0.1, -0.05) is 20.3 Å². The first-order valence-electron chi connectivity index (χ1n) is 6.58. The number of hydrogen-bond acceptors (Lipinski definition) is 4. The predicted molar refractivity (Wildman–Crippen MR) is 81.3 cm³/mol. The molecule has 1 atom stereocenters. The standard InChI is InChI=1S/C13H23BrN4/c1-5-7-10(3)18(4)13-11(14)12(15-8-6-2)16-9-17-13/h9-10H,5-8H2,1-4H3,(H,15,16,17). The normalized spacial score (nSPS) is 12.3. The zero-order valence-electron chi connectivity index (χ0n) is 11.7. The molecule has 18 heavy (non-hydrogen) atoms. The van der Waals surface area contributed by atoms with E-state index >= 15 is 0 Å². The summed E-state index contributed by atoms with van der Waals surface area (Å²) in [5, 5.41) is 3.30. The molecule has 0 radical (unpaired) electrons. The fraction of sp³-hybridized carbons (Fsp3) is 0.692. The molecule has 0 aliphatic rings. The molecule has 4 nitrogen and oxygen atoms in total. The summed E-state index contributed by atoms with van der Waals surface area (Å²) in [7, 11) is 2.08. The minimum Gasteiger partial charge on any atom is -0.369 e. The van der Waals surface area contributed by atoms with Crippen LogP contribution in [-0.4, -0.2) is 29.6 Å². The molecule has 0 aliphatic heterocycles. The Labute approximate surface area is 118 Å². The van der Waals surface area contributed by atoms with Gasteiger partial charge in [-0.15, -0.1) is 0 Å². The van der Waals surface area contributed by atoms with Crippen LogP contribution >= 0.6 is 15.9 Å². The van der Waals surface area contributed by atoms with E-state index in [0.29, 0.717) is 6.04 Å². The maximum absolute atomic E-state index is 4.38. The van der Waals surface area contributed by atoms with Crippen LogP contribution in [0.1, 0.15) is 40.0 Å². The lowest BCUT2D eigenvalue weighted by atomic mass is 10.2. The highest BCUT2D eigenvalue weighted by atomic mass is 79.9. The zero-order chi connectivity index (χ0) is 13.5. The van der Waals surface area contributed by atoms with Crippen LogP contribution < -0.4 is 10.2 Å². The van der Waals surface area contributed by atoms with Gasteiger partial charge >= 0.3 is 0 Å². The summed E-state index contributed by atoms with van der Waals surface area (Å²) in [6, 6.07) is 0.472. The Bertz CT molecular complexity index is 370. The summed E-state index contributed by atoms with van der Waals surface area (Å²) >= 11 is 3.60. The molecule has 5 heteroatoms. The fourth-order valence-electron chi connectivity index (χ4n) is 1.79. The molecule has 1 heterocycles. The zero-order valence-corrected chi connectivity index (χ0v) is 13.3. The minimum atomic E-state index is 0.472. The maximum Gasteiger partial charge on any atom is 0.148 e. The van der Waals surface area contributed by atoms with Gasteiger partial charge in [0.15, 0.2) is 0 Å². The number of anilines is 2. The van der Waals surface area contributed by atoms with Crippen molar-refractivity contribution in [2.24, 2.45) is 0 Å². The van der Waals surface area contributed by atoms with Crippen LogP contribution in [0, 0.1) is 0 Å². The van der Waals surface area contributed by atoms with Crippen LogP contribution in [0.4, 0.5) is 11.6 Å². The summed E-state index contributed by atoms with van der Waals surface area (Å²) in [6.07, 6.45) is 5.03. The quantitative estimate of drug-likeness (QED) is 0.833. The van der Waals surface area contributed by atoms with Crippen molar-refractivity contribution in [2.45, 2.75) is 46.1 Å². The predicted octanol–water partition coefficient (Wildman–Crippen LogP) is 3.69. The third-order valence-electron chi connectivity index (χ3n) is 3.02. The summed E-state index contributed by atoms with van der Waals surface area (Å²) in [5.41, 5.74) is 0. The Morgan fingerprint density at radius 3 is 2.67 bits per heavy atom. The third-order valence-corrected chi connectivity index (χ3v) is 3.75. The summed E-state index contributed by atoms with van der Waals surface area (Å²) in [5.74, 6) is 1.82. The number of rotatable bonds is 7. The molecule has 0 bridgehead atoms. The lowest BCUT2D eigenvalue weighted by molar-refractivity contribution is 0.610. The Morgan fingerprint density at radius 2 is 2.06 bits per heavy atom. The van der Waals surface area contributed by atoms with Gasteiger partial charge in [-0.25, -0.2) is 9.97 Å².